The van der Waals surface area contributed by atoms with Crippen molar-refractivity contribution in [2.24, 2.45) is 0 Å². The minimum absolute atomic E-state index is 0.0740. The minimum Gasteiger partial charge on any atom is -0.496 e. The highest BCUT2D eigenvalue weighted by atomic mass is 16.6. The summed E-state index contributed by atoms with van der Waals surface area (Å²) in [5, 5.41) is 14.0. The SMILES string of the molecule is C#CCCCCNCc1cc([N+](=O)[O-])ccc1OC. The second kappa shape index (κ2) is 8.11. The fraction of sp³-hybridized carbons (Fsp3) is 0.429. The Kier molecular flexibility index (Phi) is 6.41. The fourth-order valence-corrected chi connectivity index (χ4v) is 1.72. The molecule has 5 nitrogen and oxygen atoms in total. The van der Waals surface area contributed by atoms with E-state index in [1.54, 1.807) is 13.2 Å². The first-order chi connectivity index (χ1) is 9.19. The van der Waals surface area contributed by atoms with Gasteiger partial charge in [0.2, 0.25) is 0 Å². The van der Waals surface area contributed by atoms with E-state index in [9.17, 15) is 10.1 Å². The lowest BCUT2D eigenvalue weighted by Crippen LogP contribution is -2.15. The van der Waals surface area contributed by atoms with Crippen molar-refractivity contribution >= 4 is 5.69 Å². The zero-order valence-corrected chi connectivity index (χ0v) is 11.0. The van der Waals surface area contributed by atoms with Crippen molar-refractivity contribution in [3.8, 4) is 18.1 Å². The molecule has 19 heavy (non-hydrogen) atoms. The van der Waals surface area contributed by atoms with Gasteiger partial charge in [0, 0.05) is 30.7 Å². The van der Waals surface area contributed by atoms with Gasteiger partial charge in [0.1, 0.15) is 5.75 Å². The summed E-state index contributed by atoms with van der Waals surface area (Å²) >= 11 is 0. The third kappa shape index (κ3) is 4.98. The van der Waals surface area contributed by atoms with Gasteiger partial charge in [0.15, 0.2) is 0 Å². The van der Waals surface area contributed by atoms with Crippen LogP contribution in [-0.4, -0.2) is 18.6 Å². The minimum atomic E-state index is -0.407. The first-order valence-electron chi connectivity index (χ1n) is 6.14. The largest absolute Gasteiger partial charge is 0.496 e. The fourth-order valence-electron chi connectivity index (χ4n) is 1.72. The molecule has 0 atom stereocenters. The maximum Gasteiger partial charge on any atom is 0.270 e. The van der Waals surface area contributed by atoms with Crippen LogP contribution in [0.5, 0.6) is 5.75 Å². The number of nitro groups is 1. The number of terminal acetylenes is 1. The number of rotatable bonds is 8. The number of nitrogens with zero attached hydrogens (tertiary/aromatic N) is 1. The number of hydrogen-bond donors (Lipinski definition) is 1. The molecule has 0 aromatic heterocycles. The van der Waals surface area contributed by atoms with Gasteiger partial charge in [-0.25, -0.2) is 0 Å². The van der Waals surface area contributed by atoms with Gasteiger partial charge in [0.25, 0.3) is 5.69 Å². The van der Waals surface area contributed by atoms with Gasteiger partial charge in [-0.15, -0.1) is 12.3 Å². The molecule has 0 bridgehead atoms. The van der Waals surface area contributed by atoms with Gasteiger partial charge < -0.3 is 10.1 Å². The van der Waals surface area contributed by atoms with Crippen LogP contribution in [-0.2, 0) is 6.54 Å². The third-order valence-electron chi connectivity index (χ3n) is 2.71. The van der Waals surface area contributed by atoms with Crippen LogP contribution in [0, 0.1) is 22.5 Å². The number of hydrogen-bond acceptors (Lipinski definition) is 4. The average molecular weight is 262 g/mol. The Labute approximate surface area is 113 Å². The topological polar surface area (TPSA) is 64.4 Å². The molecule has 5 heteroatoms. The summed E-state index contributed by atoms with van der Waals surface area (Å²) in [6.45, 7) is 1.37. The Bertz CT molecular complexity index is 466. The lowest BCUT2D eigenvalue weighted by Gasteiger charge is -2.09. The Hall–Kier alpha value is -2.06. The van der Waals surface area contributed by atoms with E-state index < -0.39 is 4.92 Å². The molecule has 0 aliphatic rings. The first-order valence-corrected chi connectivity index (χ1v) is 6.14. The van der Waals surface area contributed by atoms with Gasteiger partial charge >= 0.3 is 0 Å². The standard InChI is InChI=1S/C14H18N2O3/c1-3-4-5-6-9-15-11-12-10-13(16(17)18)7-8-14(12)19-2/h1,7-8,10,15H,4-6,9,11H2,2H3. The van der Waals surface area contributed by atoms with E-state index in [1.165, 1.54) is 12.1 Å². The number of non-ortho nitro benzene ring substituents is 1. The summed E-state index contributed by atoms with van der Waals surface area (Å²) < 4.78 is 5.19. The van der Waals surface area contributed by atoms with Gasteiger partial charge in [-0.05, 0) is 25.5 Å². The summed E-state index contributed by atoms with van der Waals surface area (Å²) in [4.78, 5) is 10.3. The van der Waals surface area contributed by atoms with Crippen LogP contribution < -0.4 is 10.1 Å². The quantitative estimate of drug-likeness (QED) is 0.338. The molecule has 0 aliphatic carbocycles. The number of ether oxygens (including phenoxy) is 1. The van der Waals surface area contributed by atoms with Crippen LogP contribution in [0.3, 0.4) is 0 Å². The second-order valence-corrected chi connectivity index (χ2v) is 4.09. The van der Waals surface area contributed by atoms with E-state index in [-0.39, 0.29) is 5.69 Å². The van der Waals surface area contributed by atoms with Crippen molar-refractivity contribution in [3.63, 3.8) is 0 Å². The molecule has 0 aliphatic heterocycles. The highest BCUT2D eigenvalue weighted by molar-refractivity contribution is 5.43. The summed E-state index contributed by atoms with van der Waals surface area (Å²) in [5.74, 6) is 3.25. The predicted molar refractivity (Wildman–Crippen MR) is 74.0 cm³/mol. The van der Waals surface area contributed by atoms with Crippen LogP contribution in [0.15, 0.2) is 18.2 Å². The van der Waals surface area contributed by atoms with Gasteiger partial charge in [-0.2, -0.15) is 0 Å². The molecule has 1 N–H and O–H groups in total. The molecule has 0 unspecified atom stereocenters. The van der Waals surface area contributed by atoms with Crippen molar-refractivity contribution in [1.82, 2.24) is 5.32 Å². The summed E-state index contributed by atoms with van der Waals surface area (Å²) in [7, 11) is 1.55. The zero-order chi connectivity index (χ0) is 14.1. The van der Waals surface area contributed by atoms with Crippen molar-refractivity contribution < 1.29 is 9.66 Å². The maximum atomic E-state index is 10.7. The van der Waals surface area contributed by atoms with Crippen molar-refractivity contribution in [2.45, 2.75) is 25.8 Å². The molecule has 1 aromatic carbocycles. The smallest absolute Gasteiger partial charge is 0.270 e. The number of nitrogens with one attached hydrogen (secondary N) is 1. The van der Waals surface area contributed by atoms with Crippen LogP contribution >= 0.6 is 0 Å². The number of methoxy groups -OCH3 is 1. The molecule has 0 heterocycles. The molecule has 0 spiro atoms. The molecule has 0 fully saturated rings. The maximum absolute atomic E-state index is 10.7. The van der Waals surface area contributed by atoms with Crippen molar-refractivity contribution in [3.05, 3.63) is 33.9 Å². The number of nitro benzene ring substituents is 1. The van der Waals surface area contributed by atoms with Crippen molar-refractivity contribution in [2.75, 3.05) is 13.7 Å². The summed E-state index contributed by atoms with van der Waals surface area (Å²) in [6, 6.07) is 4.59. The number of unbranched alkanes of at least 4 members (excludes halogenated alkanes) is 2. The van der Waals surface area contributed by atoms with E-state index in [1.807, 2.05) is 0 Å². The third-order valence-corrected chi connectivity index (χ3v) is 2.71. The number of benzene rings is 1. The Morgan fingerprint density at radius 2 is 2.26 bits per heavy atom. The van der Waals surface area contributed by atoms with Gasteiger partial charge in [0.05, 0.1) is 12.0 Å². The van der Waals surface area contributed by atoms with Crippen LogP contribution in [0.1, 0.15) is 24.8 Å². The molecule has 0 saturated heterocycles. The van der Waals surface area contributed by atoms with E-state index in [2.05, 4.69) is 11.2 Å². The molecule has 1 aromatic rings. The molecule has 0 amide bonds. The predicted octanol–water partition coefficient (Wildman–Crippen LogP) is 2.50. The van der Waals surface area contributed by atoms with Crippen LogP contribution in [0.4, 0.5) is 5.69 Å². The highest BCUT2D eigenvalue weighted by Gasteiger charge is 2.10. The first kappa shape index (κ1) is 15.0. The summed E-state index contributed by atoms with van der Waals surface area (Å²) in [5.41, 5.74) is 0.860. The molecule has 0 saturated carbocycles. The van der Waals surface area contributed by atoms with Crippen LogP contribution in [0.25, 0.3) is 0 Å². The monoisotopic (exact) mass is 262 g/mol. The van der Waals surface area contributed by atoms with E-state index >= 15 is 0 Å². The van der Waals surface area contributed by atoms with E-state index in [4.69, 9.17) is 11.2 Å². The molecule has 1 rings (SSSR count). The summed E-state index contributed by atoms with van der Waals surface area (Å²) in [6.07, 6.45) is 7.92. The normalized spacial score (nSPS) is 9.89. The van der Waals surface area contributed by atoms with E-state index in [0.29, 0.717) is 12.3 Å². The molecule has 102 valence electrons. The Morgan fingerprint density at radius 1 is 1.47 bits per heavy atom. The average Bonchev–Trinajstić information content (AvgIpc) is 2.42. The zero-order valence-electron chi connectivity index (χ0n) is 11.0. The molecule has 0 radical (unpaired) electrons. The van der Waals surface area contributed by atoms with Crippen LogP contribution in [0.2, 0.25) is 0 Å². The Morgan fingerprint density at radius 3 is 2.89 bits per heavy atom. The highest BCUT2D eigenvalue weighted by Crippen LogP contribution is 2.23. The van der Waals surface area contributed by atoms with Crippen molar-refractivity contribution in [1.29, 1.82) is 0 Å². The Balaban J connectivity index is 2.53. The van der Waals surface area contributed by atoms with E-state index in [0.717, 1.165) is 31.4 Å². The second-order valence-electron chi connectivity index (χ2n) is 4.09. The lowest BCUT2D eigenvalue weighted by molar-refractivity contribution is -0.384. The molecular formula is C14H18N2O3. The molecular weight excluding hydrogens is 244 g/mol. The lowest BCUT2D eigenvalue weighted by atomic mass is 10.1. The van der Waals surface area contributed by atoms with Gasteiger partial charge in [-0.1, -0.05) is 0 Å². The van der Waals surface area contributed by atoms with Gasteiger partial charge in [-0.3, -0.25) is 10.1 Å².